The van der Waals surface area contributed by atoms with Gasteiger partial charge in [0.1, 0.15) is 0 Å². The smallest absolute Gasteiger partial charge is 0.251 e. The lowest BCUT2D eigenvalue weighted by Gasteiger charge is -2.09. The van der Waals surface area contributed by atoms with E-state index in [2.05, 4.69) is 27.6 Å². The van der Waals surface area contributed by atoms with E-state index in [9.17, 15) is 4.79 Å². The molecule has 0 aliphatic carbocycles. The Bertz CT molecular complexity index is 805. The molecule has 3 rings (SSSR count). The normalized spacial score (nSPS) is 10.8. The zero-order valence-corrected chi connectivity index (χ0v) is 12.1. The van der Waals surface area contributed by atoms with Crippen LogP contribution < -0.4 is 5.32 Å². The van der Waals surface area contributed by atoms with Crippen molar-refractivity contribution in [2.75, 3.05) is 6.54 Å². The average molecular weight is 279 g/mol. The molecule has 2 N–H and O–H groups in total. The van der Waals surface area contributed by atoms with E-state index in [-0.39, 0.29) is 5.91 Å². The van der Waals surface area contributed by atoms with Gasteiger partial charge in [0.2, 0.25) is 0 Å². The molecule has 1 aromatic heterocycles. The van der Waals surface area contributed by atoms with Crippen molar-refractivity contribution in [1.82, 2.24) is 15.5 Å². The molecule has 0 aliphatic rings. The maximum Gasteiger partial charge on any atom is 0.251 e. The summed E-state index contributed by atoms with van der Waals surface area (Å²) in [5.74, 6) is -0.0404. The molecular formula is C17H17N3O. The van der Waals surface area contributed by atoms with Gasteiger partial charge in [0, 0.05) is 17.5 Å². The minimum Gasteiger partial charge on any atom is -0.352 e. The van der Waals surface area contributed by atoms with Crippen molar-refractivity contribution in [3.8, 4) is 11.1 Å². The number of hydrogen-bond acceptors (Lipinski definition) is 2. The summed E-state index contributed by atoms with van der Waals surface area (Å²) in [6.45, 7) is 4.59. The van der Waals surface area contributed by atoms with Crippen LogP contribution in [0.5, 0.6) is 0 Å². The number of benzene rings is 2. The Labute approximate surface area is 123 Å². The van der Waals surface area contributed by atoms with Crippen LogP contribution in [0.2, 0.25) is 0 Å². The van der Waals surface area contributed by atoms with Crippen LogP contribution in [0.15, 0.2) is 42.6 Å². The lowest BCUT2D eigenvalue weighted by atomic mass is 9.97. The Balaban J connectivity index is 2.07. The molecule has 106 valence electrons. The topological polar surface area (TPSA) is 57.8 Å². The zero-order chi connectivity index (χ0) is 14.8. The Morgan fingerprint density at radius 1 is 1.24 bits per heavy atom. The number of nitrogens with zero attached hydrogens (tertiary/aromatic N) is 1. The fourth-order valence-corrected chi connectivity index (χ4v) is 2.44. The van der Waals surface area contributed by atoms with Gasteiger partial charge in [-0.05, 0) is 48.7 Å². The maximum absolute atomic E-state index is 12.0. The van der Waals surface area contributed by atoms with Crippen molar-refractivity contribution in [2.45, 2.75) is 13.8 Å². The predicted molar refractivity (Wildman–Crippen MR) is 84.3 cm³/mol. The Hall–Kier alpha value is -2.62. The van der Waals surface area contributed by atoms with Crippen LogP contribution in [0, 0.1) is 6.92 Å². The van der Waals surface area contributed by atoms with Crippen LogP contribution in [0.25, 0.3) is 22.0 Å². The summed E-state index contributed by atoms with van der Waals surface area (Å²) in [6, 6.07) is 11.9. The number of aromatic nitrogens is 2. The van der Waals surface area contributed by atoms with Crippen LogP contribution in [0.3, 0.4) is 0 Å². The van der Waals surface area contributed by atoms with Crippen molar-refractivity contribution in [3.05, 3.63) is 53.7 Å². The molecule has 1 heterocycles. The van der Waals surface area contributed by atoms with Crippen LogP contribution in [-0.2, 0) is 0 Å². The first-order valence-electron chi connectivity index (χ1n) is 7.01. The van der Waals surface area contributed by atoms with E-state index in [1.165, 1.54) is 0 Å². The molecule has 0 bridgehead atoms. The number of nitrogens with one attached hydrogen (secondary N) is 2. The third-order valence-corrected chi connectivity index (χ3v) is 3.59. The third-order valence-electron chi connectivity index (χ3n) is 3.59. The first kappa shape index (κ1) is 13.4. The molecule has 0 spiro atoms. The summed E-state index contributed by atoms with van der Waals surface area (Å²) in [7, 11) is 0. The molecule has 0 unspecified atom stereocenters. The lowest BCUT2D eigenvalue weighted by Crippen LogP contribution is -2.22. The molecule has 0 aliphatic heterocycles. The second kappa shape index (κ2) is 5.40. The Morgan fingerprint density at radius 3 is 2.90 bits per heavy atom. The molecular weight excluding hydrogens is 262 g/mol. The number of amides is 1. The van der Waals surface area contributed by atoms with Crippen LogP contribution in [-0.4, -0.2) is 22.6 Å². The van der Waals surface area contributed by atoms with E-state index in [0.717, 1.165) is 27.6 Å². The van der Waals surface area contributed by atoms with E-state index < -0.39 is 0 Å². The number of hydrogen-bond donors (Lipinski definition) is 2. The highest BCUT2D eigenvalue weighted by molar-refractivity contribution is 5.96. The number of aryl methyl sites for hydroxylation is 1. The fourth-order valence-electron chi connectivity index (χ4n) is 2.44. The highest BCUT2D eigenvalue weighted by Crippen LogP contribution is 2.27. The molecule has 0 saturated heterocycles. The minimum atomic E-state index is -0.0404. The van der Waals surface area contributed by atoms with E-state index in [4.69, 9.17) is 0 Å². The first-order valence-corrected chi connectivity index (χ1v) is 7.01. The van der Waals surface area contributed by atoms with Gasteiger partial charge in [-0.2, -0.15) is 5.10 Å². The highest BCUT2D eigenvalue weighted by atomic mass is 16.1. The van der Waals surface area contributed by atoms with Gasteiger partial charge in [-0.1, -0.05) is 18.2 Å². The highest BCUT2D eigenvalue weighted by Gasteiger charge is 2.09. The number of rotatable bonds is 3. The van der Waals surface area contributed by atoms with Crippen LogP contribution >= 0.6 is 0 Å². The predicted octanol–water partition coefficient (Wildman–Crippen LogP) is 3.29. The molecule has 3 aromatic rings. The lowest BCUT2D eigenvalue weighted by molar-refractivity contribution is 0.0956. The van der Waals surface area contributed by atoms with Crippen LogP contribution in [0.1, 0.15) is 22.8 Å². The summed E-state index contributed by atoms with van der Waals surface area (Å²) >= 11 is 0. The van der Waals surface area contributed by atoms with Crippen molar-refractivity contribution < 1.29 is 4.79 Å². The van der Waals surface area contributed by atoms with E-state index in [1.54, 1.807) is 6.20 Å². The number of fused-ring (bicyclic) bond motifs is 1. The summed E-state index contributed by atoms with van der Waals surface area (Å²) in [6.07, 6.45) is 1.80. The Morgan fingerprint density at radius 2 is 2.10 bits per heavy atom. The standard InChI is InChI=1S/C17H17N3O/c1-3-18-17(21)13-5-4-11(2)15(8-13)12-6-7-14-10-19-20-16(14)9-12/h4-10H,3H2,1-2H3,(H,18,21)(H,19,20). The van der Waals surface area contributed by atoms with Gasteiger partial charge in [0.15, 0.2) is 0 Å². The van der Waals surface area contributed by atoms with E-state index in [1.807, 2.05) is 38.1 Å². The fraction of sp³-hybridized carbons (Fsp3) is 0.176. The maximum atomic E-state index is 12.0. The molecule has 1 amide bonds. The van der Waals surface area contributed by atoms with Gasteiger partial charge in [-0.3, -0.25) is 9.89 Å². The second-order valence-corrected chi connectivity index (χ2v) is 5.06. The van der Waals surface area contributed by atoms with E-state index >= 15 is 0 Å². The van der Waals surface area contributed by atoms with Gasteiger partial charge >= 0.3 is 0 Å². The quantitative estimate of drug-likeness (QED) is 0.773. The molecule has 2 aromatic carbocycles. The van der Waals surface area contributed by atoms with Crippen LogP contribution in [0.4, 0.5) is 0 Å². The molecule has 0 fully saturated rings. The minimum absolute atomic E-state index is 0.0404. The molecule has 0 atom stereocenters. The van der Waals surface area contributed by atoms with Gasteiger partial charge in [-0.15, -0.1) is 0 Å². The number of carbonyl (C=O) groups is 1. The summed E-state index contributed by atoms with van der Waals surface area (Å²) in [4.78, 5) is 12.0. The summed E-state index contributed by atoms with van der Waals surface area (Å²) in [5, 5.41) is 10.9. The van der Waals surface area contributed by atoms with Gasteiger partial charge in [0.25, 0.3) is 5.91 Å². The van der Waals surface area contributed by atoms with Crippen molar-refractivity contribution in [3.63, 3.8) is 0 Å². The number of H-pyrrole nitrogens is 1. The molecule has 4 heteroatoms. The largest absolute Gasteiger partial charge is 0.352 e. The van der Waals surface area contributed by atoms with Gasteiger partial charge in [0.05, 0.1) is 11.7 Å². The summed E-state index contributed by atoms with van der Waals surface area (Å²) < 4.78 is 0. The molecule has 0 saturated carbocycles. The van der Waals surface area contributed by atoms with Crippen molar-refractivity contribution >= 4 is 16.8 Å². The molecule has 21 heavy (non-hydrogen) atoms. The Kier molecular flexibility index (Phi) is 3.44. The molecule has 0 radical (unpaired) electrons. The third kappa shape index (κ3) is 2.52. The van der Waals surface area contributed by atoms with E-state index in [0.29, 0.717) is 12.1 Å². The van der Waals surface area contributed by atoms with Gasteiger partial charge < -0.3 is 5.32 Å². The average Bonchev–Trinajstić information content (AvgIpc) is 2.95. The first-order chi connectivity index (χ1) is 10.2. The monoisotopic (exact) mass is 279 g/mol. The SMILES string of the molecule is CCNC(=O)c1ccc(C)c(-c2ccc3cn[nH]c3c2)c1. The second-order valence-electron chi connectivity index (χ2n) is 5.06. The van der Waals surface area contributed by atoms with Crippen molar-refractivity contribution in [1.29, 1.82) is 0 Å². The van der Waals surface area contributed by atoms with Gasteiger partial charge in [-0.25, -0.2) is 0 Å². The number of carbonyl (C=O) groups excluding carboxylic acids is 1. The summed E-state index contributed by atoms with van der Waals surface area (Å²) in [5.41, 5.74) is 4.96. The zero-order valence-electron chi connectivity index (χ0n) is 12.1. The molecule has 4 nitrogen and oxygen atoms in total. The number of aromatic amines is 1. The van der Waals surface area contributed by atoms with Crippen molar-refractivity contribution in [2.24, 2.45) is 0 Å².